The number of H-pyrrole nitrogens is 1. The molecule has 1 saturated heterocycles. The van der Waals surface area contributed by atoms with E-state index in [1.54, 1.807) is 9.80 Å². The van der Waals surface area contributed by atoms with Crippen molar-refractivity contribution >= 4 is 40.3 Å². The molecule has 7 rings (SSSR count). The second-order valence-corrected chi connectivity index (χ2v) is 13.0. The van der Waals surface area contributed by atoms with E-state index in [4.69, 9.17) is 4.74 Å². The van der Waals surface area contributed by atoms with Gasteiger partial charge in [0.2, 0.25) is 5.91 Å². The zero-order valence-electron chi connectivity index (χ0n) is 28.0. The van der Waals surface area contributed by atoms with Crippen LogP contribution in [-0.4, -0.2) is 73.2 Å². The topological polar surface area (TPSA) is 110 Å². The Kier molecular flexibility index (Phi) is 9.96. The molecule has 2 atom stereocenters. The highest BCUT2D eigenvalue weighted by atomic mass is 16.5. The predicted octanol–water partition coefficient (Wildman–Crippen LogP) is 5.74. The fraction of sp³-hybridized carbons (Fsp3) is 0.275. The number of nitrogens with one attached hydrogen (secondary N) is 3. The summed E-state index contributed by atoms with van der Waals surface area (Å²) in [4.78, 5) is 50.3. The number of amides is 4. The highest BCUT2D eigenvalue weighted by Crippen LogP contribution is 2.31. The third kappa shape index (κ3) is 7.59. The molecule has 0 aliphatic carbocycles. The Morgan fingerprint density at radius 1 is 0.820 bits per heavy atom. The molecule has 0 radical (unpaired) electrons. The fourth-order valence-electron chi connectivity index (χ4n) is 6.98. The van der Waals surface area contributed by atoms with Gasteiger partial charge in [-0.25, -0.2) is 9.59 Å². The number of aromatic amines is 1. The molecule has 3 N–H and O–H groups in total. The molecule has 3 heterocycles. The molecule has 1 aromatic heterocycles. The van der Waals surface area contributed by atoms with Gasteiger partial charge in [0.1, 0.15) is 12.6 Å². The summed E-state index contributed by atoms with van der Waals surface area (Å²) in [6, 6.07) is 34.5. The summed E-state index contributed by atoms with van der Waals surface area (Å²) in [7, 11) is 0. The molecule has 256 valence electrons. The van der Waals surface area contributed by atoms with Crippen molar-refractivity contribution in [2.24, 2.45) is 5.92 Å². The van der Waals surface area contributed by atoms with Crippen molar-refractivity contribution in [1.82, 2.24) is 20.5 Å². The lowest BCUT2D eigenvalue weighted by Crippen LogP contribution is -2.58. The second-order valence-electron chi connectivity index (χ2n) is 13.0. The van der Waals surface area contributed by atoms with E-state index in [0.717, 1.165) is 39.0 Å². The minimum Gasteiger partial charge on any atom is -0.445 e. The number of anilines is 2. The number of alkyl carbamates (subject to hydrolysis) is 1. The lowest BCUT2D eigenvalue weighted by atomic mass is 9.91. The number of hydrogen-bond acceptors (Lipinski definition) is 5. The average molecular weight is 671 g/mol. The first-order valence-electron chi connectivity index (χ1n) is 17.3. The Balaban J connectivity index is 1.07. The standard InChI is InChI=1S/C40H42N6O4/c47-38(46-27-30(23-31-13-7-10-18-37(31)46)25-42-40(49)50-28-29-11-3-1-4-12-29)36(24-32-26-41-35-17-9-8-16-34(32)35)43-39(48)45-21-19-44(20-22-45)33-14-5-2-6-15-33/h1-18,26,30,36,41H,19-25,27-28H2,(H,42,49)(H,43,48)/t30?,36-/m1/s1. The third-order valence-corrected chi connectivity index (χ3v) is 9.63. The van der Waals surface area contributed by atoms with Crippen LogP contribution in [0.15, 0.2) is 115 Å². The first-order chi connectivity index (χ1) is 24.5. The van der Waals surface area contributed by atoms with Gasteiger partial charge in [0, 0.05) is 74.2 Å². The molecule has 0 spiro atoms. The number of urea groups is 1. The van der Waals surface area contributed by atoms with Crippen LogP contribution in [0.1, 0.15) is 16.7 Å². The second kappa shape index (κ2) is 15.2. The van der Waals surface area contributed by atoms with Gasteiger partial charge in [0.05, 0.1) is 0 Å². The quantitative estimate of drug-likeness (QED) is 0.185. The number of rotatable bonds is 9. The molecule has 4 amide bonds. The van der Waals surface area contributed by atoms with Crippen LogP contribution in [0.25, 0.3) is 10.9 Å². The van der Waals surface area contributed by atoms with Crippen molar-refractivity contribution < 1.29 is 19.1 Å². The van der Waals surface area contributed by atoms with Gasteiger partial charge in [0.25, 0.3) is 0 Å². The van der Waals surface area contributed by atoms with Gasteiger partial charge in [0.15, 0.2) is 0 Å². The van der Waals surface area contributed by atoms with Gasteiger partial charge in [-0.2, -0.15) is 0 Å². The molecule has 0 saturated carbocycles. The molecule has 0 bridgehead atoms. The summed E-state index contributed by atoms with van der Waals surface area (Å²) in [5, 5.41) is 7.07. The number of nitrogens with zero attached hydrogens (tertiary/aromatic N) is 3. The van der Waals surface area contributed by atoms with Crippen molar-refractivity contribution in [1.29, 1.82) is 0 Å². The maximum Gasteiger partial charge on any atom is 0.407 e. The van der Waals surface area contributed by atoms with Crippen LogP contribution in [-0.2, 0) is 29.0 Å². The molecular weight excluding hydrogens is 628 g/mol. The van der Waals surface area contributed by atoms with Gasteiger partial charge in [-0.05, 0) is 53.3 Å². The molecule has 5 aromatic rings. The first-order valence-corrected chi connectivity index (χ1v) is 17.3. The van der Waals surface area contributed by atoms with Gasteiger partial charge in [-0.3, -0.25) is 4.79 Å². The summed E-state index contributed by atoms with van der Waals surface area (Å²) in [5.41, 5.74) is 5.83. The van der Waals surface area contributed by atoms with Crippen LogP contribution < -0.4 is 20.4 Å². The Bertz CT molecular complexity index is 1920. The number of ether oxygens (including phenoxy) is 1. The van der Waals surface area contributed by atoms with Crippen LogP contribution in [0.5, 0.6) is 0 Å². The molecular formula is C40H42N6O4. The minimum atomic E-state index is -0.815. The van der Waals surface area contributed by atoms with E-state index in [1.165, 1.54) is 0 Å². The summed E-state index contributed by atoms with van der Waals surface area (Å²) >= 11 is 0. The Hall–Kier alpha value is -5.77. The van der Waals surface area contributed by atoms with Crippen molar-refractivity contribution in [3.63, 3.8) is 0 Å². The maximum absolute atomic E-state index is 14.7. The molecule has 1 unspecified atom stereocenters. The van der Waals surface area contributed by atoms with Gasteiger partial charge in [-0.1, -0.05) is 84.9 Å². The third-order valence-electron chi connectivity index (χ3n) is 9.63. The van der Waals surface area contributed by atoms with Crippen LogP contribution in [0, 0.1) is 5.92 Å². The summed E-state index contributed by atoms with van der Waals surface area (Å²) in [6.45, 7) is 3.44. The van der Waals surface area contributed by atoms with Crippen molar-refractivity contribution in [3.05, 3.63) is 132 Å². The van der Waals surface area contributed by atoms with Gasteiger partial charge < -0.3 is 35.1 Å². The molecule has 50 heavy (non-hydrogen) atoms. The monoisotopic (exact) mass is 670 g/mol. The summed E-state index contributed by atoms with van der Waals surface area (Å²) in [6.07, 6.45) is 2.45. The molecule has 2 aliphatic heterocycles. The number of fused-ring (bicyclic) bond motifs is 2. The maximum atomic E-state index is 14.7. The summed E-state index contributed by atoms with van der Waals surface area (Å²) in [5.74, 6) is -0.232. The highest BCUT2D eigenvalue weighted by molar-refractivity contribution is 6.00. The van der Waals surface area contributed by atoms with Gasteiger partial charge in [-0.15, -0.1) is 0 Å². The zero-order valence-corrected chi connectivity index (χ0v) is 28.0. The van der Waals surface area contributed by atoms with E-state index in [-0.39, 0.29) is 24.5 Å². The van der Waals surface area contributed by atoms with Crippen molar-refractivity contribution in [2.75, 3.05) is 49.1 Å². The molecule has 4 aromatic carbocycles. The van der Waals surface area contributed by atoms with Crippen LogP contribution in [0.2, 0.25) is 0 Å². The average Bonchev–Trinajstić information content (AvgIpc) is 3.58. The number of aromatic nitrogens is 1. The zero-order chi connectivity index (χ0) is 34.3. The predicted molar refractivity (Wildman–Crippen MR) is 195 cm³/mol. The number of para-hydroxylation sites is 3. The minimum absolute atomic E-state index is 0.0476. The normalized spacial score (nSPS) is 16.4. The van der Waals surface area contributed by atoms with E-state index in [1.807, 2.05) is 103 Å². The smallest absolute Gasteiger partial charge is 0.407 e. The van der Waals surface area contributed by atoms with Crippen molar-refractivity contribution in [2.45, 2.75) is 25.5 Å². The van der Waals surface area contributed by atoms with Crippen LogP contribution in [0.3, 0.4) is 0 Å². The highest BCUT2D eigenvalue weighted by Gasteiger charge is 2.35. The Labute approximate surface area is 292 Å². The number of carbonyl (C=O) groups excluding carboxylic acids is 3. The summed E-state index contributed by atoms with van der Waals surface area (Å²) < 4.78 is 5.44. The molecule has 2 aliphatic rings. The molecule has 10 nitrogen and oxygen atoms in total. The van der Waals surface area contributed by atoms with E-state index >= 15 is 0 Å². The number of benzene rings is 4. The molecule has 10 heteroatoms. The lowest BCUT2D eigenvalue weighted by molar-refractivity contribution is -0.120. The molecule has 1 fully saturated rings. The van der Waals surface area contributed by atoms with E-state index < -0.39 is 12.1 Å². The Morgan fingerprint density at radius 2 is 1.52 bits per heavy atom. The van der Waals surface area contributed by atoms with Crippen LogP contribution in [0.4, 0.5) is 21.0 Å². The van der Waals surface area contributed by atoms with E-state index in [9.17, 15) is 14.4 Å². The van der Waals surface area contributed by atoms with E-state index in [2.05, 4.69) is 32.7 Å². The van der Waals surface area contributed by atoms with Crippen molar-refractivity contribution in [3.8, 4) is 0 Å². The number of hydrogen-bond donors (Lipinski definition) is 3. The van der Waals surface area contributed by atoms with E-state index in [0.29, 0.717) is 52.1 Å². The largest absolute Gasteiger partial charge is 0.445 e. The van der Waals surface area contributed by atoms with Crippen LogP contribution >= 0.6 is 0 Å². The SMILES string of the molecule is O=C(NCC1Cc2ccccc2N(C(=O)[C@@H](Cc2c[nH]c3ccccc23)NC(=O)N2CCN(c3ccccc3)CC2)C1)OCc1ccccc1. The first kappa shape index (κ1) is 32.8. The van der Waals surface area contributed by atoms with Gasteiger partial charge >= 0.3 is 12.1 Å². The number of carbonyl (C=O) groups is 3. The lowest BCUT2D eigenvalue weighted by Gasteiger charge is -2.38. The fourth-order valence-corrected chi connectivity index (χ4v) is 6.98. The Morgan fingerprint density at radius 3 is 2.32 bits per heavy atom. The number of piperazine rings is 1.